The first-order chi connectivity index (χ1) is 8.70. The van der Waals surface area contributed by atoms with E-state index >= 15 is 0 Å². The lowest BCUT2D eigenvalue weighted by molar-refractivity contribution is 0.619. The predicted molar refractivity (Wildman–Crippen MR) is 73.1 cm³/mol. The van der Waals surface area contributed by atoms with Crippen molar-refractivity contribution >= 4 is 5.69 Å². The van der Waals surface area contributed by atoms with Crippen molar-refractivity contribution in [1.29, 1.82) is 0 Å². The van der Waals surface area contributed by atoms with Crippen molar-refractivity contribution < 1.29 is 4.39 Å². The van der Waals surface area contributed by atoms with E-state index < -0.39 is 0 Å². The fourth-order valence-electron chi connectivity index (χ4n) is 1.77. The molecule has 0 atom stereocenters. The topological polar surface area (TPSA) is 24.9 Å². The molecule has 1 heterocycles. The van der Waals surface area contributed by atoms with Crippen LogP contribution in [0.15, 0.2) is 36.5 Å². The van der Waals surface area contributed by atoms with Gasteiger partial charge in [0, 0.05) is 24.0 Å². The number of hydrogen-bond donors (Lipinski definition) is 1. The number of benzene rings is 1. The van der Waals surface area contributed by atoms with Gasteiger partial charge in [0.2, 0.25) is 0 Å². The summed E-state index contributed by atoms with van der Waals surface area (Å²) in [4.78, 5) is 4.33. The van der Waals surface area contributed by atoms with Gasteiger partial charge in [0.05, 0.1) is 5.69 Å². The van der Waals surface area contributed by atoms with Crippen LogP contribution in [0.3, 0.4) is 0 Å². The Hall–Kier alpha value is -1.90. The lowest BCUT2D eigenvalue weighted by atomic mass is 10.1. The minimum Gasteiger partial charge on any atom is -0.385 e. The summed E-state index contributed by atoms with van der Waals surface area (Å²) in [7, 11) is 0. The molecule has 0 spiro atoms. The summed E-state index contributed by atoms with van der Waals surface area (Å²) in [6.45, 7) is 4.82. The van der Waals surface area contributed by atoms with Crippen molar-refractivity contribution in [3.63, 3.8) is 0 Å². The number of halogens is 1. The molecule has 0 aliphatic rings. The van der Waals surface area contributed by atoms with Crippen molar-refractivity contribution in [2.75, 3.05) is 11.9 Å². The Bertz CT molecular complexity index is 538. The number of aryl methyl sites for hydroxylation is 1. The van der Waals surface area contributed by atoms with Gasteiger partial charge < -0.3 is 5.32 Å². The van der Waals surface area contributed by atoms with Gasteiger partial charge in [0.15, 0.2) is 0 Å². The second-order valence-corrected chi connectivity index (χ2v) is 4.32. The van der Waals surface area contributed by atoms with E-state index in [0.717, 1.165) is 29.9 Å². The van der Waals surface area contributed by atoms with Crippen LogP contribution in [0.25, 0.3) is 11.3 Å². The number of hydrogen-bond acceptors (Lipinski definition) is 2. The molecule has 0 bridgehead atoms. The van der Waals surface area contributed by atoms with Gasteiger partial charge in [-0.15, -0.1) is 0 Å². The highest BCUT2D eigenvalue weighted by Crippen LogP contribution is 2.22. The summed E-state index contributed by atoms with van der Waals surface area (Å²) in [5, 5.41) is 3.32. The normalized spacial score (nSPS) is 10.4. The van der Waals surface area contributed by atoms with Gasteiger partial charge in [-0.25, -0.2) is 4.39 Å². The number of aromatic nitrogens is 1. The molecule has 1 aromatic heterocycles. The molecule has 3 heteroatoms. The SMILES string of the molecule is CCCNc1ccnc(-c2ccc(F)c(C)c2)c1. The quantitative estimate of drug-likeness (QED) is 0.878. The number of pyridine rings is 1. The molecule has 0 aliphatic carbocycles. The first-order valence-corrected chi connectivity index (χ1v) is 6.17. The zero-order chi connectivity index (χ0) is 13.0. The van der Waals surface area contributed by atoms with Crippen molar-refractivity contribution in [3.8, 4) is 11.3 Å². The van der Waals surface area contributed by atoms with E-state index in [1.807, 2.05) is 18.2 Å². The Morgan fingerprint density at radius 1 is 1.22 bits per heavy atom. The maximum Gasteiger partial charge on any atom is 0.126 e. The second kappa shape index (κ2) is 5.63. The molecule has 0 fully saturated rings. The lowest BCUT2D eigenvalue weighted by Gasteiger charge is -2.07. The van der Waals surface area contributed by atoms with Gasteiger partial charge in [-0.3, -0.25) is 4.98 Å². The standard InChI is InChI=1S/C15H17FN2/c1-3-7-17-13-6-8-18-15(10-13)12-4-5-14(16)11(2)9-12/h4-6,8-10H,3,7H2,1-2H3,(H,17,18). The van der Waals surface area contributed by atoms with Crippen LogP contribution in [0.1, 0.15) is 18.9 Å². The maximum absolute atomic E-state index is 13.2. The molecule has 2 aromatic rings. The summed E-state index contributed by atoms with van der Waals surface area (Å²) >= 11 is 0. The molecule has 0 radical (unpaired) electrons. The van der Waals surface area contributed by atoms with Gasteiger partial charge in [0.1, 0.15) is 5.82 Å². The number of nitrogens with one attached hydrogen (secondary N) is 1. The first-order valence-electron chi connectivity index (χ1n) is 6.17. The second-order valence-electron chi connectivity index (χ2n) is 4.32. The summed E-state index contributed by atoms with van der Waals surface area (Å²) < 4.78 is 13.2. The molecule has 0 saturated heterocycles. The van der Waals surface area contributed by atoms with E-state index in [-0.39, 0.29) is 5.82 Å². The third kappa shape index (κ3) is 2.86. The summed E-state index contributed by atoms with van der Waals surface area (Å²) in [5.41, 5.74) is 3.48. The van der Waals surface area contributed by atoms with E-state index in [1.54, 1.807) is 19.2 Å². The molecule has 1 aromatic carbocycles. The molecule has 2 rings (SSSR count). The van der Waals surface area contributed by atoms with Crippen LogP contribution in [0, 0.1) is 12.7 Å². The lowest BCUT2D eigenvalue weighted by Crippen LogP contribution is -2.00. The minimum absolute atomic E-state index is 0.181. The minimum atomic E-state index is -0.181. The van der Waals surface area contributed by atoms with Crippen LogP contribution in [0.4, 0.5) is 10.1 Å². The van der Waals surface area contributed by atoms with Crippen molar-refractivity contribution in [1.82, 2.24) is 4.98 Å². The molecule has 94 valence electrons. The van der Waals surface area contributed by atoms with Crippen LogP contribution in [-0.2, 0) is 0 Å². The van der Waals surface area contributed by atoms with E-state index in [4.69, 9.17) is 0 Å². The zero-order valence-corrected chi connectivity index (χ0v) is 10.7. The van der Waals surface area contributed by atoms with E-state index in [2.05, 4.69) is 17.2 Å². The summed E-state index contributed by atoms with van der Waals surface area (Å²) in [5.74, 6) is -0.181. The predicted octanol–water partition coefficient (Wildman–Crippen LogP) is 4.02. The van der Waals surface area contributed by atoms with Crippen LogP contribution in [0.5, 0.6) is 0 Å². The fraction of sp³-hybridized carbons (Fsp3) is 0.267. The largest absolute Gasteiger partial charge is 0.385 e. The molecule has 0 saturated carbocycles. The molecule has 0 unspecified atom stereocenters. The van der Waals surface area contributed by atoms with Gasteiger partial charge in [-0.1, -0.05) is 6.92 Å². The molecule has 1 N–H and O–H groups in total. The maximum atomic E-state index is 13.2. The smallest absolute Gasteiger partial charge is 0.126 e. The molecular weight excluding hydrogens is 227 g/mol. The van der Waals surface area contributed by atoms with Gasteiger partial charge >= 0.3 is 0 Å². The van der Waals surface area contributed by atoms with E-state index in [0.29, 0.717) is 5.56 Å². The molecule has 0 amide bonds. The number of nitrogens with zero attached hydrogens (tertiary/aromatic N) is 1. The molecule has 2 nitrogen and oxygen atoms in total. The summed E-state index contributed by atoms with van der Waals surface area (Å²) in [6.07, 6.45) is 2.85. The van der Waals surface area contributed by atoms with Crippen molar-refractivity contribution in [2.45, 2.75) is 20.3 Å². The van der Waals surface area contributed by atoms with Crippen LogP contribution in [-0.4, -0.2) is 11.5 Å². The highest BCUT2D eigenvalue weighted by atomic mass is 19.1. The fourth-order valence-corrected chi connectivity index (χ4v) is 1.77. The highest BCUT2D eigenvalue weighted by Gasteiger charge is 2.03. The first kappa shape index (κ1) is 12.6. The van der Waals surface area contributed by atoms with Gasteiger partial charge in [0.25, 0.3) is 0 Å². The zero-order valence-electron chi connectivity index (χ0n) is 10.7. The third-order valence-electron chi connectivity index (χ3n) is 2.79. The van der Waals surface area contributed by atoms with Gasteiger partial charge in [-0.05, 0) is 49.2 Å². The number of anilines is 1. The molecule has 0 aliphatic heterocycles. The Kier molecular flexibility index (Phi) is 3.92. The Labute approximate surface area is 107 Å². The highest BCUT2D eigenvalue weighted by molar-refractivity contribution is 5.64. The van der Waals surface area contributed by atoms with Crippen LogP contribution in [0.2, 0.25) is 0 Å². The Morgan fingerprint density at radius 3 is 2.78 bits per heavy atom. The van der Waals surface area contributed by atoms with E-state index in [1.165, 1.54) is 6.07 Å². The Morgan fingerprint density at radius 2 is 2.06 bits per heavy atom. The Balaban J connectivity index is 2.29. The molecular formula is C15H17FN2. The monoisotopic (exact) mass is 244 g/mol. The van der Waals surface area contributed by atoms with Crippen molar-refractivity contribution in [2.24, 2.45) is 0 Å². The average molecular weight is 244 g/mol. The number of rotatable bonds is 4. The van der Waals surface area contributed by atoms with Crippen LogP contribution < -0.4 is 5.32 Å². The summed E-state index contributed by atoms with van der Waals surface area (Å²) in [6, 6.07) is 8.99. The third-order valence-corrected chi connectivity index (χ3v) is 2.79. The van der Waals surface area contributed by atoms with Crippen LogP contribution >= 0.6 is 0 Å². The van der Waals surface area contributed by atoms with Crippen molar-refractivity contribution in [3.05, 3.63) is 47.9 Å². The average Bonchev–Trinajstić information content (AvgIpc) is 2.40. The van der Waals surface area contributed by atoms with Gasteiger partial charge in [-0.2, -0.15) is 0 Å². The molecule has 18 heavy (non-hydrogen) atoms. The van der Waals surface area contributed by atoms with E-state index in [9.17, 15) is 4.39 Å².